The van der Waals surface area contributed by atoms with Gasteiger partial charge in [0.05, 0.1) is 0 Å². The monoisotopic (exact) mass is 358 g/mol. The van der Waals surface area contributed by atoms with E-state index in [0.29, 0.717) is 0 Å². The van der Waals surface area contributed by atoms with Gasteiger partial charge in [0.15, 0.2) is 0 Å². The highest BCUT2D eigenvalue weighted by Gasteiger charge is 2.08. The van der Waals surface area contributed by atoms with Crippen LogP contribution in [0.1, 0.15) is 11.1 Å². The number of hydrogen-bond acceptors (Lipinski definition) is 0. The minimum atomic E-state index is 0.822. The summed E-state index contributed by atoms with van der Waals surface area (Å²) < 4.78 is 1.91. The van der Waals surface area contributed by atoms with Crippen molar-refractivity contribution in [2.75, 3.05) is 0 Å². The highest BCUT2D eigenvalue weighted by atomic mass is 79.9. The largest absolute Gasteiger partial charge is 0.115 e. The number of hydrogen-bond donors (Lipinski definition) is 0. The highest BCUT2D eigenvalue weighted by Crippen LogP contribution is 2.30. The first kappa shape index (κ1) is 13.0. The zero-order valence-electron chi connectivity index (χ0n) is 9.37. The maximum atomic E-state index is 5.55. The molecule has 0 aliphatic carbocycles. The third-order valence-corrected chi connectivity index (χ3v) is 3.55. The predicted octanol–water partition coefficient (Wildman–Crippen LogP) is 4.84. The van der Waals surface area contributed by atoms with Crippen LogP contribution in [0.2, 0.25) is 0 Å². The van der Waals surface area contributed by atoms with Crippen LogP contribution in [0.4, 0.5) is 0 Å². The Labute approximate surface area is 124 Å². The van der Waals surface area contributed by atoms with Crippen molar-refractivity contribution in [3.63, 3.8) is 0 Å². The lowest BCUT2D eigenvalue weighted by Crippen LogP contribution is -1.89. The molecule has 2 rings (SSSR count). The minimum Gasteiger partial charge on any atom is -0.115 e. The van der Waals surface area contributed by atoms with Gasteiger partial charge in [-0.3, -0.25) is 0 Å². The van der Waals surface area contributed by atoms with Gasteiger partial charge in [0.25, 0.3) is 0 Å². The Kier molecular flexibility index (Phi) is 3.92. The number of halogens is 2. The maximum absolute atomic E-state index is 5.55. The van der Waals surface area contributed by atoms with Gasteiger partial charge in [0, 0.05) is 20.1 Å². The van der Waals surface area contributed by atoms with Crippen molar-refractivity contribution in [1.82, 2.24) is 0 Å². The molecule has 0 saturated heterocycles. The Balaban J connectivity index is 2.71. The molecule has 0 radical (unpaired) electrons. The van der Waals surface area contributed by atoms with E-state index in [-0.39, 0.29) is 0 Å². The van der Waals surface area contributed by atoms with Gasteiger partial charge < -0.3 is 0 Å². The average Bonchev–Trinajstić information content (AvgIpc) is 2.38. The van der Waals surface area contributed by atoms with Crippen molar-refractivity contribution in [3.8, 4) is 35.8 Å². The summed E-state index contributed by atoms with van der Waals surface area (Å²) in [6.45, 7) is 0. The van der Waals surface area contributed by atoms with Crippen molar-refractivity contribution >= 4 is 31.9 Å². The van der Waals surface area contributed by atoms with Gasteiger partial charge in [-0.05, 0) is 35.4 Å². The molecule has 2 heteroatoms. The first-order valence-corrected chi connectivity index (χ1v) is 6.77. The predicted molar refractivity (Wildman–Crippen MR) is 83.1 cm³/mol. The fraction of sp³-hybridized carbons (Fsp3) is 0. The molecule has 0 bridgehead atoms. The summed E-state index contributed by atoms with van der Waals surface area (Å²) in [5.74, 6) is 5.38. The molecule has 0 aliphatic heterocycles. The van der Waals surface area contributed by atoms with Crippen LogP contribution >= 0.6 is 31.9 Å². The van der Waals surface area contributed by atoms with Gasteiger partial charge in [0.2, 0.25) is 0 Å². The SMILES string of the molecule is C#Cc1cc(Br)ccc1-c1ccc(Br)cc1C#C. The molecule has 0 unspecified atom stereocenters. The van der Waals surface area contributed by atoms with Crippen molar-refractivity contribution in [2.45, 2.75) is 0 Å². The Morgan fingerprint density at radius 1 is 0.722 bits per heavy atom. The van der Waals surface area contributed by atoms with Gasteiger partial charge in [-0.25, -0.2) is 0 Å². The molecule has 0 heterocycles. The van der Waals surface area contributed by atoms with Crippen LogP contribution < -0.4 is 0 Å². The summed E-state index contributed by atoms with van der Waals surface area (Å²) >= 11 is 6.83. The van der Waals surface area contributed by atoms with Crippen LogP contribution in [0.25, 0.3) is 11.1 Å². The number of rotatable bonds is 1. The lowest BCUT2D eigenvalue weighted by Gasteiger charge is -2.09. The summed E-state index contributed by atoms with van der Waals surface area (Å²) in [6.07, 6.45) is 11.1. The third kappa shape index (κ3) is 2.51. The highest BCUT2D eigenvalue weighted by molar-refractivity contribution is 9.10. The molecule has 2 aromatic rings. The maximum Gasteiger partial charge on any atom is 0.0332 e. The van der Waals surface area contributed by atoms with E-state index in [9.17, 15) is 0 Å². The van der Waals surface area contributed by atoms with E-state index in [4.69, 9.17) is 12.8 Å². The summed E-state index contributed by atoms with van der Waals surface area (Å²) in [6, 6.07) is 11.7. The van der Waals surface area contributed by atoms with Crippen LogP contribution in [-0.4, -0.2) is 0 Å². The Hall–Kier alpha value is -1.48. The Morgan fingerprint density at radius 3 is 1.44 bits per heavy atom. The summed E-state index contributed by atoms with van der Waals surface area (Å²) in [4.78, 5) is 0. The first-order chi connectivity index (χ1) is 8.65. The smallest absolute Gasteiger partial charge is 0.0332 e. The van der Waals surface area contributed by atoms with E-state index < -0.39 is 0 Å². The second-order valence-corrected chi connectivity index (χ2v) is 5.50. The van der Waals surface area contributed by atoms with Gasteiger partial charge in [-0.1, -0.05) is 55.8 Å². The lowest BCUT2D eigenvalue weighted by atomic mass is 9.96. The molecule has 18 heavy (non-hydrogen) atoms. The molecule has 0 nitrogen and oxygen atoms in total. The van der Waals surface area contributed by atoms with Crippen LogP contribution in [-0.2, 0) is 0 Å². The summed E-state index contributed by atoms with van der Waals surface area (Å²) in [7, 11) is 0. The zero-order valence-corrected chi connectivity index (χ0v) is 12.5. The molecular weight excluding hydrogens is 352 g/mol. The Morgan fingerprint density at radius 2 is 1.11 bits per heavy atom. The van der Waals surface area contributed by atoms with E-state index in [1.54, 1.807) is 0 Å². The molecule has 2 aromatic carbocycles. The molecule has 0 aromatic heterocycles. The van der Waals surface area contributed by atoms with E-state index in [1.165, 1.54) is 0 Å². The zero-order chi connectivity index (χ0) is 13.1. The van der Waals surface area contributed by atoms with E-state index in [2.05, 4.69) is 43.7 Å². The van der Waals surface area contributed by atoms with Crippen molar-refractivity contribution < 1.29 is 0 Å². The summed E-state index contributed by atoms with van der Waals surface area (Å²) in [5, 5.41) is 0. The van der Waals surface area contributed by atoms with Crippen LogP contribution in [0.3, 0.4) is 0 Å². The number of terminal acetylenes is 2. The molecule has 0 spiro atoms. The number of benzene rings is 2. The third-order valence-electron chi connectivity index (χ3n) is 2.56. The molecular formula is C16H8Br2. The minimum absolute atomic E-state index is 0.822. The van der Waals surface area contributed by atoms with Gasteiger partial charge in [-0.15, -0.1) is 12.8 Å². The van der Waals surface area contributed by atoms with Crippen molar-refractivity contribution in [3.05, 3.63) is 56.5 Å². The van der Waals surface area contributed by atoms with Crippen LogP contribution in [0.5, 0.6) is 0 Å². The molecule has 0 amide bonds. The van der Waals surface area contributed by atoms with Crippen molar-refractivity contribution in [2.24, 2.45) is 0 Å². The molecule has 86 valence electrons. The van der Waals surface area contributed by atoms with Crippen LogP contribution in [0.15, 0.2) is 45.3 Å². The second kappa shape index (κ2) is 5.44. The normalized spacial score (nSPS) is 9.56. The topological polar surface area (TPSA) is 0 Å². The van der Waals surface area contributed by atoms with Gasteiger partial charge in [-0.2, -0.15) is 0 Å². The molecule has 0 saturated carbocycles. The second-order valence-electron chi connectivity index (χ2n) is 3.67. The molecule has 0 N–H and O–H groups in total. The Bertz CT molecular complexity index is 624. The van der Waals surface area contributed by atoms with E-state index in [0.717, 1.165) is 31.2 Å². The fourth-order valence-electron chi connectivity index (χ4n) is 1.74. The lowest BCUT2D eigenvalue weighted by molar-refractivity contribution is 1.52. The van der Waals surface area contributed by atoms with Crippen LogP contribution in [0, 0.1) is 24.7 Å². The average molecular weight is 360 g/mol. The first-order valence-electron chi connectivity index (χ1n) is 5.18. The fourth-order valence-corrected chi connectivity index (χ4v) is 2.46. The van der Waals surface area contributed by atoms with E-state index >= 15 is 0 Å². The van der Waals surface area contributed by atoms with Gasteiger partial charge >= 0.3 is 0 Å². The van der Waals surface area contributed by atoms with Gasteiger partial charge in [0.1, 0.15) is 0 Å². The quantitative estimate of drug-likeness (QED) is 0.639. The summed E-state index contributed by atoms with van der Waals surface area (Å²) in [5.41, 5.74) is 3.59. The molecule has 0 atom stereocenters. The molecule has 0 aliphatic rings. The van der Waals surface area contributed by atoms with E-state index in [1.807, 2.05) is 36.4 Å². The standard InChI is InChI=1S/C16H8Br2/c1-3-11-9-13(17)5-7-15(11)16-8-6-14(18)10-12(16)4-2/h1-2,5-10H. The molecule has 0 fully saturated rings. The van der Waals surface area contributed by atoms with Crippen molar-refractivity contribution in [1.29, 1.82) is 0 Å².